The third-order valence-corrected chi connectivity index (χ3v) is 6.17. The molecule has 1 aliphatic heterocycles. The lowest BCUT2D eigenvalue weighted by molar-refractivity contribution is -0.274. The third-order valence-electron chi connectivity index (χ3n) is 4.58. The van der Waals surface area contributed by atoms with Crippen molar-refractivity contribution in [1.82, 2.24) is 14.6 Å². The fraction of sp³-hybridized carbons (Fsp3) is 0.421. The second kappa shape index (κ2) is 9.19. The average molecular weight is 444 g/mol. The molecule has 1 aromatic heterocycles. The molecule has 3 rings (SSSR count). The van der Waals surface area contributed by atoms with Crippen molar-refractivity contribution >= 4 is 15.8 Å². The molecule has 1 N–H and O–H groups in total. The maximum atomic E-state index is 12.6. The second-order valence-electron chi connectivity index (χ2n) is 7.02. The topological polar surface area (TPSA) is 74.8 Å². The molecular weight excluding hydrogens is 421 g/mol. The number of pyridine rings is 1. The molecule has 1 fully saturated rings. The monoisotopic (exact) mass is 444 g/mol. The number of benzene rings is 1. The van der Waals surface area contributed by atoms with Crippen molar-refractivity contribution in [1.29, 1.82) is 0 Å². The van der Waals surface area contributed by atoms with Crippen molar-refractivity contribution < 1.29 is 26.3 Å². The van der Waals surface area contributed by atoms with Gasteiger partial charge in [0.1, 0.15) is 11.6 Å². The van der Waals surface area contributed by atoms with E-state index in [-0.39, 0.29) is 4.90 Å². The van der Waals surface area contributed by atoms with E-state index in [9.17, 15) is 21.6 Å². The Hall–Kier alpha value is -2.37. The van der Waals surface area contributed by atoms with Gasteiger partial charge in [-0.15, -0.1) is 13.2 Å². The van der Waals surface area contributed by atoms with E-state index < -0.39 is 28.2 Å². The average Bonchev–Trinajstić information content (AvgIpc) is 2.68. The number of nitrogens with one attached hydrogen (secondary N) is 1. The van der Waals surface area contributed by atoms with Gasteiger partial charge >= 0.3 is 6.36 Å². The summed E-state index contributed by atoms with van der Waals surface area (Å²) in [6.07, 6.45) is -3.15. The number of anilines is 1. The molecule has 0 spiro atoms. The summed E-state index contributed by atoms with van der Waals surface area (Å²) in [5.74, 6) is 0.329. The Balaban J connectivity index is 1.54. The highest BCUT2D eigenvalue weighted by Crippen LogP contribution is 2.25. The summed E-state index contributed by atoms with van der Waals surface area (Å²) in [5.41, 5.74) is 0. The van der Waals surface area contributed by atoms with Crippen molar-refractivity contribution in [3.8, 4) is 5.75 Å². The van der Waals surface area contributed by atoms with E-state index >= 15 is 0 Å². The lowest BCUT2D eigenvalue weighted by Gasteiger charge is -2.36. The molecular formula is C19H23F3N4O3S. The van der Waals surface area contributed by atoms with Crippen LogP contribution < -0.4 is 14.4 Å². The number of alkyl halides is 3. The Bertz CT molecular complexity index is 934. The molecule has 0 bridgehead atoms. The van der Waals surface area contributed by atoms with Gasteiger partial charge in [0.25, 0.3) is 0 Å². The van der Waals surface area contributed by atoms with Crippen molar-refractivity contribution in [2.75, 3.05) is 37.6 Å². The van der Waals surface area contributed by atoms with Gasteiger partial charge in [0.2, 0.25) is 10.0 Å². The molecule has 1 aromatic carbocycles. The van der Waals surface area contributed by atoms with Gasteiger partial charge in [-0.2, -0.15) is 0 Å². The predicted octanol–water partition coefficient (Wildman–Crippen LogP) is 2.47. The molecule has 0 radical (unpaired) electrons. The molecule has 164 valence electrons. The first-order chi connectivity index (χ1) is 14.1. The van der Waals surface area contributed by atoms with Gasteiger partial charge in [-0.3, -0.25) is 4.90 Å². The minimum atomic E-state index is -4.89. The summed E-state index contributed by atoms with van der Waals surface area (Å²) in [7, 11) is -3.99. The largest absolute Gasteiger partial charge is 0.573 e. The second-order valence-corrected chi connectivity index (χ2v) is 8.73. The zero-order valence-corrected chi connectivity index (χ0v) is 17.2. The van der Waals surface area contributed by atoms with E-state index in [1.54, 1.807) is 13.1 Å². The number of aromatic nitrogens is 1. The van der Waals surface area contributed by atoms with E-state index in [0.717, 1.165) is 44.1 Å². The van der Waals surface area contributed by atoms with Gasteiger partial charge < -0.3 is 9.64 Å². The number of ether oxygens (including phenoxy) is 1. The first kappa shape index (κ1) is 22.3. The molecule has 1 unspecified atom stereocenters. The maximum absolute atomic E-state index is 12.6. The molecule has 0 saturated carbocycles. The van der Waals surface area contributed by atoms with Crippen LogP contribution in [0.15, 0.2) is 53.6 Å². The molecule has 0 amide bonds. The van der Waals surface area contributed by atoms with Crippen LogP contribution in [0.3, 0.4) is 0 Å². The van der Waals surface area contributed by atoms with Crippen LogP contribution in [0.25, 0.3) is 0 Å². The van der Waals surface area contributed by atoms with Crippen LogP contribution in [0, 0.1) is 0 Å². The Morgan fingerprint density at radius 3 is 2.50 bits per heavy atom. The van der Waals surface area contributed by atoms with Crippen molar-refractivity contribution in [3.05, 3.63) is 48.7 Å². The highest BCUT2D eigenvalue weighted by atomic mass is 32.2. The fourth-order valence-electron chi connectivity index (χ4n) is 3.30. The lowest BCUT2D eigenvalue weighted by atomic mass is 10.2. The van der Waals surface area contributed by atoms with Gasteiger partial charge in [0.05, 0.1) is 4.90 Å². The molecule has 7 nitrogen and oxygen atoms in total. The molecule has 2 heterocycles. The number of hydrogen-bond acceptors (Lipinski definition) is 6. The molecule has 30 heavy (non-hydrogen) atoms. The quantitative estimate of drug-likeness (QED) is 0.707. The number of halogens is 3. The molecule has 2 aromatic rings. The molecule has 1 saturated heterocycles. The first-order valence-corrected chi connectivity index (χ1v) is 10.9. The highest BCUT2D eigenvalue weighted by Gasteiger charge is 2.31. The molecule has 11 heteroatoms. The Morgan fingerprint density at radius 2 is 1.87 bits per heavy atom. The zero-order chi connectivity index (χ0) is 21.8. The van der Waals surface area contributed by atoms with E-state index in [4.69, 9.17) is 0 Å². The van der Waals surface area contributed by atoms with Gasteiger partial charge in [0, 0.05) is 51.0 Å². The molecule has 0 aliphatic carbocycles. The number of sulfonamides is 1. The van der Waals surface area contributed by atoms with E-state index in [2.05, 4.69) is 24.2 Å². The number of piperazine rings is 1. The standard InChI is InChI=1S/C19H23F3N4O3S/c1-15(14-25-9-11-26(12-10-25)18-7-2-3-8-23-18)24-30(27,28)17-6-4-5-16(13-17)29-19(20,21)22/h2-8,13,15,24H,9-12,14H2,1H3. The van der Waals surface area contributed by atoms with E-state index in [1.165, 1.54) is 12.1 Å². The van der Waals surface area contributed by atoms with Gasteiger partial charge in [-0.05, 0) is 31.2 Å². The SMILES string of the molecule is CC(CN1CCN(c2ccccn2)CC1)NS(=O)(=O)c1cccc(OC(F)(F)F)c1. The smallest absolute Gasteiger partial charge is 0.406 e. The predicted molar refractivity (Wildman–Crippen MR) is 106 cm³/mol. The van der Waals surface area contributed by atoms with Crippen LogP contribution in [0.1, 0.15) is 6.92 Å². The van der Waals surface area contributed by atoms with Crippen molar-refractivity contribution in [3.63, 3.8) is 0 Å². The minimum absolute atomic E-state index is 0.281. The summed E-state index contributed by atoms with van der Waals surface area (Å²) >= 11 is 0. The van der Waals surface area contributed by atoms with Crippen LogP contribution in [0.2, 0.25) is 0 Å². The fourth-order valence-corrected chi connectivity index (χ4v) is 4.57. The summed E-state index contributed by atoms with van der Waals surface area (Å²) in [6, 6.07) is 9.65. The Labute approximate surface area is 173 Å². The van der Waals surface area contributed by atoms with E-state index in [1.807, 2.05) is 18.2 Å². The molecule has 1 aliphatic rings. The van der Waals surface area contributed by atoms with E-state index in [0.29, 0.717) is 6.54 Å². The Morgan fingerprint density at radius 1 is 1.13 bits per heavy atom. The van der Waals surface area contributed by atoms with Crippen LogP contribution in [-0.4, -0.2) is 63.4 Å². The minimum Gasteiger partial charge on any atom is -0.406 e. The Kier molecular flexibility index (Phi) is 6.84. The third kappa shape index (κ3) is 6.31. The summed E-state index contributed by atoms with van der Waals surface area (Å²) in [4.78, 5) is 8.35. The summed E-state index contributed by atoms with van der Waals surface area (Å²) in [5, 5.41) is 0. The van der Waals surface area contributed by atoms with Crippen LogP contribution >= 0.6 is 0 Å². The molecule has 1 atom stereocenters. The number of hydrogen-bond donors (Lipinski definition) is 1. The van der Waals surface area contributed by atoms with Crippen molar-refractivity contribution in [2.24, 2.45) is 0 Å². The summed E-state index contributed by atoms with van der Waals surface area (Å²) < 4.78 is 68.6. The van der Waals surface area contributed by atoms with Gasteiger partial charge in [-0.25, -0.2) is 18.1 Å². The van der Waals surface area contributed by atoms with Crippen LogP contribution in [-0.2, 0) is 10.0 Å². The number of nitrogens with zero attached hydrogens (tertiary/aromatic N) is 3. The highest BCUT2D eigenvalue weighted by molar-refractivity contribution is 7.89. The zero-order valence-electron chi connectivity index (χ0n) is 16.3. The van der Waals surface area contributed by atoms with Crippen LogP contribution in [0.4, 0.5) is 19.0 Å². The van der Waals surface area contributed by atoms with Crippen molar-refractivity contribution in [2.45, 2.75) is 24.2 Å². The van der Waals surface area contributed by atoms with Gasteiger partial charge in [0.15, 0.2) is 0 Å². The maximum Gasteiger partial charge on any atom is 0.573 e. The van der Waals surface area contributed by atoms with Gasteiger partial charge in [-0.1, -0.05) is 12.1 Å². The lowest BCUT2D eigenvalue weighted by Crippen LogP contribution is -2.51. The first-order valence-electron chi connectivity index (χ1n) is 9.39. The normalized spacial score (nSPS) is 17.0. The summed E-state index contributed by atoms with van der Waals surface area (Å²) in [6.45, 7) is 5.24. The number of rotatable bonds is 7. The van der Waals surface area contributed by atoms with Crippen LogP contribution in [0.5, 0.6) is 5.75 Å².